The molecule has 3 aromatic rings. The molecule has 0 unspecified atom stereocenters. The number of hydrogen-bond donors (Lipinski definition) is 1. The monoisotopic (exact) mass is 552 g/mol. The minimum Gasteiger partial charge on any atom is -0.341 e. The van der Waals surface area contributed by atoms with Crippen LogP contribution in [0.15, 0.2) is 90.0 Å². The molecule has 5 rings (SSSR count). The Morgan fingerprint density at radius 1 is 0.829 bits per heavy atom. The summed E-state index contributed by atoms with van der Waals surface area (Å²) >= 11 is 0. The molecule has 3 aromatic carbocycles. The molecule has 1 aliphatic heterocycles. The Labute approximate surface area is 236 Å². The molecular formula is C31H28N4O6. The van der Waals surface area contributed by atoms with E-state index in [1.165, 1.54) is 24.3 Å². The number of amides is 1. The molecule has 208 valence electrons. The average molecular weight is 553 g/mol. The first kappa shape index (κ1) is 27.6. The number of carbonyl (C=O) groups excluding carboxylic acids is 2. The lowest BCUT2D eigenvalue weighted by atomic mass is 9.54. The molecule has 10 heteroatoms. The van der Waals surface area contributed by atoms with Crippen LogP contribution in [-0.4, -0.2) is 45.6 Å². The Balaban J connectivity index is 1.41. The minimum atomic E-state index is -0.681. The number of Topliss-reactive ketones (excluding diaryl/α,β-unsaturated/α-hetero) is 1. The van der Waals surface area contributed by atoms with Crippen LogP contribution in [0.4, 0.5) is 11.4 Å². The Morgan fingerprint density at radius 3 is 1.73 bits per heavy atom. The number of carbonyl (C=O) groups is 2. The fraction of sp³-hybridized carbons (Fsp3) is 0.226. The summed E-state index contributed by atoms with van der Waals surface area (Å²) in [6, 6.07) is 20.9. The minimum absolute atomic E-state index is 0.0424. The van der Waals surface area contributed by atoms with E-state index in [1.807, 2.05) is 30.3 Å². The van der Waals surface area contributed by atoms with Crippen LogP contribution < -0.4 is 5.73 Å². The third-order valence-corrected chi connectivity index (χ3v) is 7.89. The maximum Gasteiger partial charge on any atom is 0.269 e. The van der Waals surface area contributed by atoms with Gasteiger partial charge in [-0.1, -0.05) is 30.3 Å². The largest absolute Gasteiger partial charge is 0.341 e. The number of nitro benzene ring substituents is 2. The summed E-state index contributed by atoms with van der Waals surface area (Å²) in [7, 11) is 0. The summed E-state index contributed by atoms with van der Waals surface area (Å²) in [5, 5.41) is 22.1. The number of benzene rings is 3. The Bertz CT molecular complexity index is 1470. The van der Waals surface area contributed by atoms with E-state index in [4.69, 9.17) is 5.73 Å². The number of rotatable bonds is 7. The summed E-state index contributed by atoms with van der Waals surface area (Å²) in [6.45, 7) is 0.813. The topological polar surface area (TPSA) is 150 Å². The molecule has 1 spiro atoms. The average Bonchev–Trinajstić information content (AvgIpc) is 2.99. The normalized spacial score (nSPS) is 18.8. The number of non-ortho nitro benzene ring substituents is 2. The van der Waals surface area contributed by atoms with Crippen molar-refractivity contribution < 1.29 is 19.4 Å². The maximum absolute atomic E-state index is 13.5. The number of nitro groups is 2. The molecule has 10 nitrogen and oxygen atoms in total. The van der Waals surface area contributed by atoms with Crippen LogP contribution in [0.25, 0.3) is 12.2 Å². The molecule has 2 N–H and O–H groups in total. The van der Waals surface area contributed by atoms with E-state index in [1.54, 1.807) is 41.3 Å². The van der Waals surface area contributed by atoms with E-state index in [-0.39, 0.29) is 23.1 Å². The van der Waals surface area contributed by atoms with E-state index < -0.39 is 21.3 Å². The van der Waals surface area contributed by atoms with Crippen LogP contribution in [0.3, 0.4) is 0 Å². The molecule has 2 fully saturated rings. The Morgan fingerprint density at radius 2 is 1.29 bits per heavy atom. The van der Waals surface area contributed by atoms with Gasteiger partial charge in [-0.05, 0) is 72.4 Å². The van der Waals surface area contributed by atoms with Crippen molar-refractivity contribution in [2.24, 2.45) is 11.1 Å². The van der Waals surface area contributed by atoms with Crippen LogP contribution in [0.1, 0.15) is 29.5 Å². The number of nitrogens with two attached hydrogens (primary N) is 1. The molecule has 0 aromatic heterocycles. The number of likely N-dealkylation sites (tertiary alicyclic amines) is 1. The van der Waals surface area contributed by atoms with Gasteiger partial charge in [0.15, 0.2) is 5.78 Å². The number of ketones is 1. The van der Waals surface area contributed by atoms with Gasteiger partial charge in [-0.15, -0.1) is 0 Å². The standard InChI is InChI=1S/C31H28N4O6/c32-28(20-21-4-2-1-3-5-21)30(37)33-16-14-31(15-17-33)26(18-22-6-10-24(11-7-22)34(38)39)29(36)27(31)19-23-8-12-25(13-9-23)35(40)41/h1-13,18-19,28H,14-17,20,32H2/b26-18-,27-19-/t28-/m0/s1. The maximum atomic E-state index is 13.5. The van der Waals surface area contributed by atoms with E-state index in [9.17, 15) is 29.8 Å². The SMILES string of the molecule is N[C@@H](Cc1ccccc1)C(=O)N1CCC2(CC1)/C(=C\c1ccc([N+](=O)[O-])cc1)C(=O)/C2=C/c1ccc([N+](=O)[O-])cc1. The summed E-state index contributed by atoms with van der Waals surface area (Å²) < 4.78 is 0. The summed E-state index contributed by atoms with van der Waals surface area (Å²) in [4.78, 5) is 49.6. The predicted octanol–water partition coefficient (Wildman–Crippen LogP) is 4.73. The second kappa shape index (κ2) is 11.3. The molecule has 1 heterocycles. The van der Waals surface area contributed by atoms with Gasteiger partial charge in [0.2, 0.25) is 5.91 Å². The highest BCUT2D eigenvalue weighted by Gasteiger charge is 2.55. The smallest absolute Gasteiger partial charge is 0.269 e. The van der Waals surface area contributed by atoms with Crippen molar-refractivity contribution in [1.29, 1.82) is 0 Å². The number of hydrogen-bond acceptors (Lipinski definition) is 7. The van der Waals surface area contributed by atoms with E-state index in [0.717, 1.165) is 5.56 Å². The summed E-state index contributed by atoms with van der Waals surface area (Å²) in [5.41, 5.74) is 9.04. The van der Waals surface area contributed by atoms with Crippen molar-refractivity contribution in [2.75, 3.05) is 13.1 Å². The molecule has 1 saturated heterocycles. The molecule has 41 heavy (non-hydrogen) atoms. The Hall–Kier alpha value is -4.96. The van der Waals surface area contributed by atoms with E-state index in [2.05, 4.69) is 0 Å². The third-order valence-electron chi connectivity index (χ3n) is 7.89. The predicted molar refractivity (Wildman–Crippen MR) is 154 cm³/mol. The molecule has 0 bridgehead atoms. The summed E-state index contributed by atoms with van der Waals surface area (Å²) in [6.07, 6.45) is 4.95. The first-order valence-electron chi connectivity index (χ1n) is 13.2. The van der Waals surface area contributed by atoms with Crippen molar-refractivity contribution in [1.82, 2.24) is 4.90 Å². The third kappa shape index (κ3) is 5.55. The summed E-state index contributed by atoms with van der Waals surface area (Å²) in [5.74, 6) is -0.293. The van der Waals surface area contributed by atoms with Gasteiger partial charge < -0.3 is 10.6 Å². The zero-order valence-electron chi connectivity index (χ0n) is 22.1. The van der Waals surface area contributed by atoms with Gasteiger partial charge in [-0.3, -0.25) is 29.8 Å². The van der Waals surface area contributed by atoms with Gasteiger partial charge in [-0.25, -0.2) is 0 Å². The number of piperidine rings is 1. The van der Waals surface area contributed by atoms with Gasteiger partial charge in [0.05, 0.1) is 15.9 Å². The quantitative estimate of drug-likeness (QED) is 0.253. The zero-order chi connectivity index (χ0) is 29.1. The van der Waals surface area contributed by atoms with Gasteiger partial charge in [-0.2, -0.15) is 0 Å². The molecule has 1 atom stereocenters. The van der Waals surface area contributed by atoms with Crippen molar-refractivity contribution in [2.45, 2.75) is 25.3 Å². The van der Waals surface area contributed by atoms with Crippen LogP contribution in [-0.2, 0) is 16.0 Å². The van der Waals surface area contributed by atoms with Crippen LogP contribution in [0.5, 0.6) is 0 Å². The van der Waals surface area contributed by atoms with E-state index >= 15 is 0 Å². The van der Waals surface area contributed by atoms with Crippen LogP contribution in [0.2, 0.25) is 0 Å². The second-order valence-electron chi connectivity index (χ2n) is 10.3. The zero-order valence-corrected chi connectivity index (χ0v) is 22.1. The molecule has 1 saturated carbocycles. The molecular weight excluding hydrogens is 524 g/mol. The highest BCUT2D eigenvalue weighted by molar-refractivity contribution is 6.23. The molecule has 1 aliphatic carbocycles. The van der Waals surface area contributed by atoms with Crippen LogP contribution in [0, 0.1) is 25.6 Å². The van der Waals surface area contributed by atoms with Crippen molar-refractivity contribution in [3.63, 3.8) is 0 Å². The molecule has 0 radical (unpaired) electrons. The van der Waals surface area contributed by atoms with E-state index in [0.29, 0.717) is 54.6 Å². The number of allylic oxidation sites excluding steroid dienone is 2. The fourth-order valence-electron chi connectivity index (χ4n) is 5.62. The lowest BCUT2D eigenvalue weighted by Gasteiger charge is -2.51. The number of nitrogens with zero attached hydrogens (tertiary/aromatic N) is 3. The van der Waals surface area contributed by atoms with Gasteiger partial charge in [0, 0.05) is 53.9 Å². The Kier molecular flexibility index (Phi) is 7.58. The lowest BCUT2D eigenvalue weighted by molar-refractivity contribution is -0.385. The fourth-order valence-corrected chi connectivity index (χ4v) is 5.62. The van der Waals surface area contributed by atoms with Crippen molar-refractivity contribution >= 4 is 35.2 Å². The molecule has 1 amide bonds. The first-order valence-corrected chi connectivity index (χ1v) is 13.2. The first-order chi connectivity index (χ1) is 19.7. The van der Waals surface area contributed by atoms with Crippen molar-refractivity contribution in [3.8, 4) is 0 Å². The van der Waals surface area contributed by atoms with Gasteiger partial charge in [0.25, 0.3) is 11.4 Å². The van der Waals surface area contributed by atoms with Gasteiger partial charge in [0.1, 0.15) is 0 Å². The highest BCUT2D eigenvalue weighted by atomic mass is 16.6. The van der Waals surface area contributed by atoms with Crippen molar-refractivity contribution in [3.05, 3.63) is 127 Å². The van der Waals surface area contributed by atoms with Crippen LogP contribution >= 0.6 is 0 Å². The van der Waals surface area contributed by atoms with Gasteiger partial charge >= 0.3 is 0 Å². The lowest BCUT2D eigenvalue weighted by Crippen LogP contribution is -2.55. The second-order valence-corrected chi connectivity index (χ2v) is 10.3. The highest BCUT2D eigenvalue weighted by Crippen LogP contribution is 2.56. The molecule has 2 aliphatic rings.